The Morgan fingerprint density at radius 3 is 2.61 bits per heavy atom. The molecule has 1 aromatic rings. The van der Waals surface area contributed by atoms with Crippen LogP contribution in [-0.4, -0.2) is 25.6 Å². The number of rotatable bonds is 2. The largest absolute Gasteiger partial charge is 0.399 e. The first-order chi connectivity index (χ1) is 8.47. The normalized spacial score (nSPS) is 14.9. The van der Waals surface area contributed by atoms with E-state index in [0.717, 1.165) is 6.26 Å². The fourth-order valence-electron chi connectivity index (χ4n) is 1.28. The van der Waals surface area contributed by atoms with Crippen molar-refractivity contribution in [2.24, 2.45) is 4.99 Å². The Balaban J connectivity index is 2.05. The molecule has 1 amide bonds. The zero-order chi connectivity index (χ0) is 13.2. The van der Waals surface area contributed by atoms with Crippen LogP contribution in [0.1, 0.15) is 10.4 Å². The first kappa shape index (κ1) is 12.8. The highest BCUT2D eigenvalue weighted by Gasteiger charge is 2.15. The summed E-state index contributed by atoms with van der Waals surface area (Å²) < 4.78 is 22.5. The molecule has 0 saturated carbocycles. The molecule has 0 aliphatic carbocycles. The molecule has 0 unspecified atom stereocenters. The van der Waals surface area contributed by atoms with Crippen LogP contribution in [0.25, 0.3) is 0 Å². The molecule has 0 aromatic heterocycles. The Morgan fingerprint density at radius 1 is 1.39 bits per heavy atom. The van der Waals surface area contributed by atoms with Gasteiger partial charge in [-0.05, 0) is 12.1 Å². The van der Waals surface area contributed by atoms with Gasteiger partial charge in [-0.15, -0.1) is 5.04 Å². The van der Waals surface area contributed by atoms with Crippen molar-refractivity contribution in [3.8, 4) is 0 Å². The van der Waals surface area contributed by atoms with E-state index in [2.05, 4.69) is 10.3 Å². The maximum Gasteiger partial charge on any atom is 0.244 e. The molecule has 1 N–H and O–H groups in total. The molecule has 2 rings (SSSR count). The van der Waals surface area contributed by atoms with Crippen molar-refractivity contribution in [2.45, 2.75) is 0 Å². The van der Waals surface area contributed by atoms with Crippen LogP contribution in [-0.2, 0) is 21.6 Å². The summed E-state index contributed by atoms with van der Waals surface area (Å²) in [5.41, 5.74) is 0.826. The third kappa shape index (κ3) is 2.99. The molecule has 0 spiro atoms. The van der Waals surface area contributed by atoms with E-state index in [0.29, 0.717) is 22.8 Å². The Labute approximate surface area is 110 Å². The van der Waals surface area contributed by atoms with Crippen LogP contribution in [0.4, 0.5) is 0 Å². The number of carbonyl (C=O) groups excluding carboxylic acids is 1. The second-order valence-electron chi connectivity index (χ2n) is 3.62. The molecule has 0 saturated heterocycles. The Bertz CT molecular complexity index is 582. The van der Waals surface area contributed by atoms with Crippen LogP contribution < -0.4 is 5.32 Å². The standard InChI is InChI=1S/C11H11N2O3S2/c1-18(15,16)9-7-17-11(12-9)13-10(14)8-5-3-2-4-6-8/h2-7,17H,1H3,(H,13,14)/q-1. The summed E-state index contributed by atoms with van der Waals surface area (Å²) in [6.07, 6.45) is 1.08. The van der Waals surface area contributed by atoms with E-state index in [1.165, 1.54) is 5.75 Å². The Kier molecular flexibility index (Phi) is 3.53. The highest BCUT2D eigenvalue weighted by Crippen LogP contribution is 2.17. The van der Waals surface area contributed by atoms with E-state index >= 15 is 0 Å². The van der Waals surface area contributed by atoms with Crippen LogP contribution in [0.5, 0.6) is 0 Å². The zero-order valence-electron chi connectivity index (χ0n) is 9.49. The lowest BCUT2D eigenvalue weighted by Gasteiger charge is -2.12. The van der Waals surface area contributed by atoms with Gasteiger partial charge in [-0.1, -0.05) is 18.2 Å². The van der Waals surface area contributed by atoms with Crippen LogP contribution in [0.15, 0.2) is 35.3 Å². The number of sulfone groups is 1. The van der Waals surface area contributed by atoms with Gasteiger partial charge in [-0.2, -0.15) is 11.8 Å². The first-order valence-electron chi connectivity index (χ1n) is 5.03. The molecule has 1 heterocycles. The van der Waals surface area contributed by atoms with E-state index in [4.69, 9.17) is 0 Å². The predicted octanol–water partition coefficient (Wildman–Crippen LogP) is 0.297. The third-order valence-electron chi connectivity index (χ3n) is 2.15. The lowest BCUT2D eigenvalue weighted by Crippen LogP contribution is -2.26. The summed E-state index contributed by atoms with van der Waals surface area (Å²) in [7, 11) is -3.32. The zero-order valence-corrected chi connectivity index (χ0v) is 11.2. The van der Waals surface area contributed by atoms with E-state index < -0.39 is 9.84 Å². The number of nitrogens with one attached hydrogen (secondary N) is 1. The van der Waals surface area contributed by atoms with Gasteiger partial charge in [0.1, 0.15) is 5.50 Å². The summed E-state index contributed by atoms with van der Waals surface area (Å²) in [4.78, 5) is 15.7. The van der Waals surface area contributed by atoms with Crippen LogP contribution in [0.2, 0.25) is 0 Å². The van der Waals surface area contributed by atoms with Crippen molar-refractivity contribution in [2.75, 3.05) is 6.26 Å². The quantitative estimate of drug-likeness (QED) is 0.482. The Hall–Kier alpha value is -1.60. The number of benzene rings is 1. The summed E-state index contributed by atoms with van der Waals surface area (Å²) in [5.74, 6) is 1.15. The van der Waals surface area contributed by atoms with Crippen molar-refractivity contribution >= 4 is 32.6 Å². The van der Waals surface area contributed by atoms with E-state index in [1.54, 1.807) is 24.3 Å². The average Bonchev–Trinajstić information content (AvgIpc) is 2.78. The molecule has 0 atom stereocenters. The second kappa shape index (κ2) is 4.95. The van der Waals surface area contributed by atoms with Crippen molar-refractivity contribution < 1.29 is 13.2 Å². The molecule has 0 radical (unpaired) electrons. The highest BCUT2D eigenvalue weighted by molar-refractivity contribution is 8.08. The van der Waals surface area contributed by atoms with Gasteiger partial charge in [0.05, 0.1) is 9.84 Å². The SMILES string of the molecule is CS(=O)(=O)C1=N[C-](NC(=O)c2ccccc2)[SH+][CH-]1. The molecule has 1 aliphatic rings. The van der Waals surface area contributed by atoms with Gasteiger partial charge < -0.3 is 10.3 Å². The predicted molar refractivity (Wildman–Crippen MR) is 72.5 cm³/mol. The third-order valence-corrected chi connectivity index (χ3v) is 4.13. The Morgan fingerprint density at radius 2 is 2.06 bits per heavy atom. The minimum Gasteiger partial charge on any atom is -0.399 e. The van der Waals surface area contributed by atoms with Gasteiger partial charge in [0, 0.05) is 11.8 Å². The summed E-state index contributed by atoms with van der Waals surface area (Å²) in [5, 5.41) is 2.57. The summed E-state index contributed by atoms with van der Waals surface area (Å²) in [6.45, 7) is 0. The van der Waals surface area contributed by atoms with Crippen LogP contribution in [0, 0.1) is 11.3 Å². The van der Waals surface area contributed by atoms with Gasteiger partial charge in [0.25, 0.3) is 0 Å². The van der Waals surface area contributed by atoms with Crippen molar-refractivity contribution in [3.05, 3.63) is 47.1 Å². The molecule has 5 nitrogen and oxygen atoms in total. The fraction of sp³-hybridized carbons (Fsp3) is 0.0909. The minimum absolute atomic E-state index is 0.00692. The van der Waals surface area contributed by atoms with Gasteiger partial charge in [-0.25, -0.2) is 14.2 Å². The number of carbonyl (C=O) groups is 1. The lowest BCUT2D eigenvalue weighted by atomic mass is 10.2. The second-order valence-corrected chi connectivity index (χ2v) is 6.53. The molecule has 1 aliphatic heterocycles. The fourth-order valence-corrected chi connectivity index (χ4v) is 3.15. The van der Waals surface area contributed by atoms with Crippen molar-refractivity contribution in [1.29, 1.82) is 0 Å². The van der Waals surface area contributed by atoms with E-state index in [-0.39, 0.29) is 11.0 Å². The van der Waals surface area contributed by atoms with Crippen molar-refractivity contribution in [3.63, 3.8) is 0 Å². The molecular weight excluding hydrogens is 272 g/mol. The molecule has 18 heavy (non-hydrogen) atoms. The maximum atomic E-state index is 11.8. The van der Waals surface area contributed by atoms with Crippen LogP contribution in [0.3, 0.4) is 0 Å². The first-order valence-corrected chi connectivity index (χ1v) is 7.88. The van der Waals surface area contributed by atoms with Gasteiger partial charge in [0.2, 0.25) is 5.91 Å². The molecule has 1 aromatic carbocycles. The topological polar surface area (TPSA) is 75.6 Å². The molecule has 7 heteroatoms. The number of thiol groups is 1. The smallest absolute Gasteiger partial charge is 0.244 e. The number of hydrogen-bond donors (Lipinski definition) is 1. The minimum atomic E-state index is -3.32. The van der Waals surface area contributed by atoms with Gasteiger partial charge in [0.15, 0.2) is 0 Å². The molecule has 0 bridgehead atoms. The van der Waals surface area contributed by atoms with Gasteiger partial charge >= 0.3 is 0 Å². The lowest BCUT2D eigenvalue weighted by molar-refractivity contribution is 0.0962. The van der Waals surface area contributed by atoms with Crippen molar-refractivity contribution in [1.82, 2.24) is 5.32 Å². The van der Waals surface area contributed by atoms with Crippen LogP contribution >= 0.6 is 0 Å². The number of hydrogen-bond acceptors (Lipinski definition) is 4. The molecule has 0 fully saturated rings. The van der Waals surface area contributed by atoms with Gasteiger partial charge in [-0.3, -0.25) is 4.79 Å². The molecular formula is C11H11N2O3S2-. The monoisotopic (exact) mass is 283 g/mol. The number of nitrogens with zero attached hydrogens (tertiary/aromatic N) is 1. The maximum absolute atomic E-state index is 11.8. The number of aliphatic imine (C=N–C) groups is 1. The average molecular weight is 283 g/mol. The summed E-state index contributed by atoms with van der Waals surface area (Å²) >= 11 is 0.573. The summed E-state index contributed by atoms with van der Waals surface area (Å²) in [6, 6.07) is 8.66. The molecule has 96 valence electrons. The highest BCUT2D eigenvalue weighted by atomic mass is 32.2. The number of amides is 1. The van der Waals surface area contributed by atoms with E-state index in [1.807, 2.05) is 6.07 Å². The van der Waals surface area contributed by atoms with E-state index in [9.17, 15) is 13.2 Å².